The molecule has 0 unspecified atom stereocenters. The maximum absolute atomic E-state index is 12.7. The van der Waals surface area contributed by atoms with Crippen molar-refractivity contribution in [1.29, 1.82) is 0 Å². The van der Waals surface area contributed by atoms with Gasteiger partial charge in [0.25, 0.3) is 5.69 Å². The number of nitrogens with one attached hydrogen (secondary N) is 1. The van der Waals surface area contributed by atoms with Gasteiger partial charge in [-0.2, -0.15) is 0 Å². The molecule has 2 rings (SSSR count). The molecule has 1 fully saturated rings. The molecule has 1 N–H and O–H groups in total. The minimum absolute atomic E-state index is 0.00383. The highest BCUT2D eigenvalue weighted by molar-refractivity contribution is 5.76. The smallest absolute Gasteiger partial charge is 0.303 e. The summed E-state index contributed by atoms with van der Waals surface area (Å²) >= 11 is 0. The maximum Gasteiger partial charge on any atom is 0.303 e. The number of carbonyl (C=O) groups excluding carboxylic acids is 5. The van der Waals surface area contributed by atoms with E-state index in [4.69, 9.17) is 23.7 Å². The molecule has 1 heterocycles. The van der Waals surface area contributed by atoms with Crippen LogP contribution in [0.2, 0.25) is 0 Å². The Morgan fingerprint density at radius 2 is 1.42 bits per heavy atom. The van der Waals surface area contributed by atoms with Gasteiger partial charge in [0.1, 0.15) is 12.7 Å². The van der Waals surface area contributed by atoms with E-state index in [1.165, 1.54) is 12.1 Å². The summed E-state index contributed by atoms with van der Waals surface area (Å²) in [4.78, 5) is 69.9. The van der Waals surface area contributed by atoms with Gasteiger partial charge in [0.15, 0.2) is 24.5 Å². The molecule has 1 saturated heterocycles. The fourth-order valence-electron chi connectivity index (χ4n) is 3.81. The summed E-state index contributed by atoms with van der Waals surface area (Å²) < 4.78 is 26.7. The number of esters is 4. The zero-order valence-corrected chi connectivity index (χ0v) is 21.4. The Morgan fingerprint density at radius 3 is 1.95 bits per heavy atom. The molecular formula is C24H30N2O12. The molecule has 14 heteroatoms. The molecule has 1 aliphatic rings. The van der Waals surface area contributed by atoms with Crippen molar-refractivity contribution in [2.24, 2.45) is 0 Å². The SMILES string of the molecule is CC(=O)OC[C@H]1O[C@@H](NC(=O)CCCc2ccc([N+](=O)[O-])cc2)[C@H](OC(C)=O)[C@@H](OC(C)=O)[C@H]1OC(C)=O. The Bertz CT molecular complexity index is 1040. The van der Waals surface area contributed by atoms with Gasteiger partial charge in [-0.15, -0.1) is 0 Å². The third kappa shape index (κ3) is 9.42. The number of carbonyl (C=O) groups is 5. The number of nitro groups is 1. The van der Waals surface area contributed by atoms with Gasteiger partial charge < -0.3 is 29.0 Å². The second kappa shape index (κ2) is 14.0. The predicted octanol–water partition coefficient (Wildman–Crippen LogP) is 1.12. The minimum Gasteiger partial charge on any atom is -0.463 e. The van der Waals surface area contributed by atoms with Crippen molar-refractivity contribution in [3.63, 3.8) is 0 Å². The van der Waals surface area contributed by atoms with Crippen LogP contribution in [-0.2, 0) is 54.1 Å². The Morgan fingerprint density at radius 1 is 0.868 bits per heavy atom. The number of hydrogen-bond donors (Lipinski definition) is 1. The van der Waals surface area contributed by atoms with E-state index in [0.29, 0.717) is 12.8 Å². The average Bonchev–Trinajstić information content (AvgIpc) is 2.81. The van der Waals surface area contributed by atoms with E-state index >= 15 is 0 Å². The van der Waals surface area contributed by atoms with Crippen molar-refractivity contribution >= 4 is 35.5 Å². The molecule has 1 aromatic carbocycles. The molecule has 208 valence electrons. The van der Waals surface area contributed by atoms with Gasteiger partial charge in [0, 0.05) is 46.2 Å². The van der Waals surface area contributed by atoms with Crippen molar-refractivity contribution in [2.45, 2.75) is 77.6 Å². The van der Waals surface area contributed by atoms with Gasteiger partial charge in [0.2, 0.25) is 5.91 Å². The number of rotatable bonds is 11. The van der Waals surface area contributed by atoms with E-state index < -0.39 is 72.0 Å². The number of ether oxygens (including phenoxy) is 5. The lowest BCUT2D eigenvalue weighted by Gasteiger charge is -2.44. The van der Waals surface area contributed by atoms with Crippen LogP contribution in [0.3, 0.4) is 0 Å². The first-order valence-corrected chi connectivity index (χ1v) is 11.7. The van der Waals surface area contributed by atoms with Crippen LogP contribution in [0.15, 0.2) is 24.3 Å². The number of aryl methyl sites for hydroxylation is 1. The summed E-state index contributed by atoms with van der Waals surface area (Å²) in [5.74, 6) is -3.50. The van der Waals surface area contributed by atoms with Crippen LogP contribution in [0.4, 0.5) is 5.69 Å². The molecule has 0 radical (unpaired) electrons. The number of amides is 1. The lowest BCUT2D eigenvalue weighted by atomic mass is 9.97. The molecule has 0 aliphatic carbocycles. The van der Waals surface area contributed by atoms with E-state index in [0.717, 1.165) is 33.3 Å². The molecule has 5 atom stereocenters. The van der Waals surface area contributed by atoms with Crippen LogP contribution in [0.25, 0.3) is 0 Å². The maximum atomic E-state index is 12.7. The van der Waals surface area contributed by atoms with Gasteiger partial charge in [0.05, 0.1) is 4.92 Å². The van der Waals surface area contributed by atoms with Crippen LogP contribution in [0.1, 0.15) is 46.1 Å². The topological polar surface area (TPSA) is 187 Å². The first-order valence-electron chi connectivity index (χ1n) is 11.7. The molecule has 0 bridgehead atoms. The Balaban J connectivity index is 2.19. The summed E-state index contributed by atoms with van der Waals surface area (Å²) in [5.41, 5.74) is 0.742. The summed E-state index contributed by atoms with van der Waals surface area (Å²) in [6.07, 6.45) is -5.81. The molecule has 1 aliphatic heterocycles. The third-order valence-electron chi connectivity index (χ3n) is 5.31. The highest BCUT2D eigenvalue weighted by Crippen LogP contribution is 2.28. The molecule has 1 aromatic rings. The lowest BCUT2D eigenvalue weighted by Crippen LogP contribution is -2.66. The molecule has 0 saturated carbocycles. The zero-order valence-electron chi connectivity index (χ0n) is 21.4. The van der Waals surface area contributed by atoms with Crippen LogP contribution in [0, 0.1) is 10.1 Å². The Hall–Kier alpha value is -4.07. The van der Waals surface area contributed by atoms with Crippen molar-refractivity contribution in [3.05, 3.63) is 39.9 Å². The van der Waals surface area contributed by atoms with Gasteiger partial charge in [-0.1, -0.05) is 12.1 Å². The molecule has 14 nitrogen and oxygen atoms in total. The zero-order chi connectivity index (χ0) is 28.4. The summed E-state index contributed by atoms with van der Waals surface area (Å²) in [6, 6.07) is 5.92. The summed E-state index contributed by atoms with van der Waals surface area (Å²) in [7, 11) is 0. The van der Waals surface area contributed by atoms with Gasteiger partial charge >= 0.3 is 23.9 Å². The first-order chi connectivity index (χ1) is 17.9. The number of non-ortho nitro benzene ring substituents is 1. The van der Waals surface area contributed by atoms with E-state index in [-0.39, 0.29) is 12.1 Å². The summed E-state index contributed by atoms with van der Waals surface area (Å²) in [5, 5.41) is 13.4. The van der Waals surface area contributed by atoms with Gasteiger partial charge in [-0.3, -0.25) is 34.1 Å². The predicted molar refractivity (Wildman–Crippen MR) is 126 cm³/mol. The van der Waals surface area contributed by atoms with Crippen LogP contribution in [-0.4, -0.2) is 72.0 Å². The first kappa shape index (κ1) is 30.2. The van der Waals surface area contributed by atoms with Crippen LogP contribution < -0.4 is 5.32 Å². The van der Waals surface area contributed by atoms with Crippen LogP contribution >= 0.6 is 0 Å². The Kier molecular flexibility index (Phi) is 11.1. The highest BCUT2D eigenvalue weighted by Gasteiger charge is 2.52. The molecule has 0 spiro atoms. The molecular weight excluding hydrogens is 508 g/mol. The lowest BCUT2D eigenvalue weighted by molar-refractivity contribution is -0.384. The van der Waals surface area contributed by atoms with E-state index in [1.54, 1.807) is 12.1 Å². The summed E-state index contributed by atoms with van der Waals surface area (Å²) in [6.45, 7) is 4.04. The fraction of sp³-hybridized carbons (Fsp3) is 0.542. The molecule has 1 amide bonds. The minimum atomic E-state index is -1.40. The van der Waals surface area contributed by atoms with E-state index in [9.17, 15) is 34.1 Å². The monoisotopic (exact) mass is 538 g/mol. The second-order valence-corrected chi connectivity index (χ2v) is 8.46. The number of benzene rings is 1. The van der Waals surface area contributed by atoms with E-state index in [2.05, 4.69) is 5.32 Å². The van der Waals surface area contributed by atoms with Crippen molar-refractivity contribution in [2.75, 3.05) is 6.61 Å². The third-order valence-corrected chi connectivity index (χ3v) is 5.31. The van der Waals surface area contributed by atoms with Crippen molar-refractivity contribution < 1.29 is 52.6 Å². The van der Waals surface area contributed by atoms with E-state index in [1.807, 2.05) is 0 Å². The largest absolute Gasteiger partial charge is 0.463 e. The number of nitrogens with zero attached hydrogens (tertiary/aromatic N) is 1. The standard InChI is InChI=1S/C24H30N2O12/c1-13(27)34-12-19-21(35-14(2)28)22(36-15(3)29)23(37-16(4)30)24(38-19)25-20(31)7-5-6-17-8-10-18(11-9-17)26(32)33/h8-11,19,21-24H,5-7,12H2,1-4H3,(H,25,31)/t19-,21+,22+,23-,24-/m1/s1. The Labute approximate surface area is 218 Å². The number of hydrogen-bond acceptors (Lipinski definition) is 12. The number of nitro benzene ring substituents is 1. The average molecular weight is 539 g/mol. The molecule has 38 heavy (non-hydrogen) atoms. The molecule has 0 aromatic heterocycles. The van der Waals surface area contributed by atoms with Crippen molar-refractivity contribution in [1.82, 2.24) is 5.32 Å². The van der Waals surface area contributed by atoms with Gasteiger partial charge in [-0.05, 0) is 18.4 Å². The van der Waals surface area contributed by atoms with Crippen LogP contribution in [0.5, 0.6) is 0 Å². The highest BCUT2D eigenvalue weighted by atomic mass is 16.7. The van der Waals surface area contributed by atoms with Gasteiger partial charge in [-0.25, -0.2) is 0 Å². The van der Waals surface area contributed by atoms with Crippen molar-refractivity contribution in [3.8, 4) is 0 Å². The fourth-order valence-corrected chi connectivity index (χ4v) is 3.81. The quantitative estimate of drug-likeness (QED) is 0.183. The second-order valence-electron chi connectivity index (χ2n) is 8.46. The normalized spacial score (nSPS) is 22.5.